The summed E-state index contributed by atoms with van der Waals surface area (Å²) < 4.78 is 15.7. The van der Waals surface area contributed by atoms with Gasteiger partial charge in [0.1, 0.15) is 6.61 Å². The minimum absolute atomic E-state index is 0.00738. The van der Waals surface area contributed by atoms with Gasteiger partial charge < -0.3 is 14.2 Å². The molecule has 1 aliphatic rings. The van der Waals surface area contributed by atoms with Gasteiger partial charge in [0.15, 0.2) is 23.9 Å². The summed E-state index contributed by atoms with van der Waals surface area (Å²) in [6.07, 6.45) is -1.14. The number of hydrogen-bond acceptors (Lipinski definition) is 8. The van der Waals surface area contributed by atoms with Gasteiger partial charge in [-0.1, -0.05) is 18.2 Å². The van der Waals surface area contributed by atoms with Crippen molar-refractivity contribution in [2.24, 2.45) is 0 Å². The van der Waals surface area contributed by atoms with Crippen LogP contribution in [0.5, 0.6) is 11.5 Å². The van der Waals surface area contributed by atoms with Crippen molar-refractivity contribution in [2.75, 3.05) is 13.2 Å². The second kappa shape index (κ2) is 9.14. The predicted molar refractivity (Wildman–Crippen MR) is 98.3 cm³/mol. The number of ether oxygens (including phenoxy) is 3. The van der Waals surface area contributed by atoms with Crippen LogP contribution >= 0.6 is 11.3 Å². The Morgan fingerprint density at radius 3 is 2.61 bits per heavy atom. The third-order valence-corrected chi connectivity index (χ3v) is 4.69. The summed E-state index contributed by atoms with van der Waals surface area (Å²) in [5.41, 5.74) is 0. The number of ketones is 1. The van der Waals surface area contributed by atoms with Crippen molar-refractivity contribution in [3.63, 3.8) is 0 Å². The molecule has 2 amide bonds. The molecule has 28 heavy (non-hydrogen) atoms. The molecule has 0 aliphatic carbocycles. The van der Waals surface area contributed by atoms with Gasteiger partial charge in [0, 0.05) is 6.42 Å². The number of carbonyl (C=O) groups excluding carboxylic acids is 4. The minimum Gasteiger partial charge on any atom is -0.485 e. The van der Waals surface area contributed by atoms with E-state index in [9.17, 15) is 19.2 Å². The fourth-order valence-corrected chi connectivity index (χ4v) is 3.09. The number of nitrogens with one attached hydrogen (secondary N) is 1. The molecule has 9 heteroatoms. The summed E-state index contributed by atoms with van der Waals surface area (Å²) in [7, 11) is 0. The molecule has 1 aromatic heterocycles. The number of Topliss-reactive ketones (excluding diaryl/α,β-unsaturated/α-hetero) is 1. The molecule has 1 N–H and O–H groups in total. The Morgan fingerprint density at radius 1 is 1.07 bits per heavy atom. The number of hydrogen-bond donors (Lipinski definition) is 1. The summed E-state index contributed by atoms with van der Waals surface area (Å²) in [5, 5.41) is 3.87. The third kappa shape index (κ3) is 5.17. The number of esters is 1. The first kappa shape index (κ1) is 19.6. The van der Waals surface area contributed by atoms with Gasteiger partial charge in [0.05, 0.1) is 11.3 Å². The van der Waals surface area contributed by atoms with Crippen LogP contribution in [0.25, 0.3) is 0 Å². The molecule has 0 saturated carbocycles. The third-order valence-electron chi connectivity index (χ3n) is 3.78. The van der Waals surface area contributed by atoms with Gasteiger partial charge >= 0.3 is 5.97 Å². The molecule has 0 radical (unpaired) electrons. The molecular weight excluding hydrogens is 386 g/mol. The summed E-state index contributed by atoms with van der Waals surface area (Å²) in [4.78, 5) is 47.9. The second-order valence-electron chi connectivity index (χ2n) is 5.84. The van der Waals surface area contributed by atoms with Gasteiger partial charge in [-0.3, -0.25) is 24.5 Å². The number of thiophene rings is 1. The van der Waals surface area contributed by atoms with Crippen molar-refractivity contribution in [2.45, 2.75) is 18.9 Å². The molecule has 0 fully saturated rings. The average molecular weight is 403 g/mol. The van der Waals surface area contributed by atoms with Crippen molar-refractivity contribution in [1.82, 2.24) is 5.32 Å². The van der Waals surface area contributed by atoms with Gasteiger partial charge in [-0.15, -0.1) is 11.3 Å². The van der Waals surface area contributed by atoms with Crippen LogP contribution in [0.4, 0.5) is 0 Å². The number of benzene rings is 1. The lowest BCUT2D eigenvalue weighted by Gasteiger charge is -2.25. The Labute approximate surface area is 164 Å². The summed E-state index contributed by atoms with van der Waals surface area (Å²) in [6, 6.07) is 10.3. The Balaban J connectivity index is 1.37. The van der Waals surface area contributed by atoms with Crippen LogP contribution in [0.3, 0.4) is 0 Å². The van der Waals surface area contributed by atoms with Crippen LogP contribution < -0.4 is 14.8 Å². The summed E-state index contributed by atoms with van der Waals surface area (Å²) in [5.74, 6) is -1.42. The highest BCUT2D eigenvalue weighted by molar-refractivity contribution is 7.12. The zero-order valence-electron chi connectivity index (χ0n) is 14.7. The van der Waals surface area contributed by atoms with Crippen molar-refractivity contribution in [3.05, 3.63) is 46.7 Å². The number of para-hydroxylation sites is 2. The van der Waals surface area contributed by atoms with Gasteiger partial charge in [-0.2, -0.15) is 0 Å². The zero-order chi connectivity index (χ0) is 19.9. The second-order valence-corrected chi connectivity index (χ2v) is 6.79. The molecule has 0 spiro atoms. The van der Waals surface area contributed by atoms with E-state index in [-0.39, 0.29) is 25.2 Å². The Hall–Kier alpha value is -3.20. The quantitative estimate of drug-likeness (QED) is 0.554. The topological polar surface area (TPSA) is 108 Å². The van der Waals surface area contributed by atoms with Gasteiger partial charge in [-0.05, 0) is 23.6 Å². The minimum atomic E-state index is -0.988. The molecular formula is C19H17NO7S. The number of carbonyl (C=O) groups is 4. The number of rotatable bonds is 7. The first-order valence-corrected chi connectivity index (χ1v) is 9.35. The maximum atomic E-state index is 12.1. The van der Waals surface area contributed by atoms with E-state index in [0.29, 0.717) is 16.4 Å². The van der Waals surface area contributed by atoms with E-state index in [4.69, 9.17) is 14.2 Å². The molecule has 1 atom stereocenters. The fourth-order valence-electron chi connectivity index (χ4n) is 2.40. The first-order valence-electron chi connectivity index (χ1n) is 8.47. The number of amides is 2. The van der Waals surface area contributed by atoms with Crippen LogP contribution in [0.1, 0.15) is 22.5 Å². The first-order chi connectivity index (χ1) is 13.5. The summed E-state index contributed by atoms with van der Waals surface area (Å²) >= 11 is 1.29. The van der Waals surface area contributed by atoms with E-state index < -0.39 is 30.5 Å². The smallest absolute Gasteiger partial charge is 0.306 e. The van der Waals surface area contributed by atoms with Crippen molar-refractivity contribution in [3.8, 4) is 11.5 Å². The van der Waals surface area contributed by atoms with Crippen LogP contribution in [-0.4, -0.2) is 42.9 Å². The highest BCUT2D eigenvalue weighted by atomic mass is 32.1. The van der Waals surface area contributed by atoms with Gasteiger partial charge in [-0.25, -0.2) is 0 Å². The van der Waals surface area contributed by atoms with E-state index in [0.717, 1.165) is 0 Å². The maximum Gasteiger partial charge on any atom is 0.306 e. The lowest BCUT2D eigenvalue weighted by atomic mass is 10.2. The molecule has 0 unspecified atom stereocenters. The molecule has 2 aromatic rings. The van der Waals surface area contributed by atoms with Crippen LogP contribution in [0.15, 0.2) is 41.8 Å². The average Bonchev–Trinajstić information content (AvgIpc) is 3.25. The molecule has 146 valence electrons. The van der Waals surface area contributed by atoms with E-state index in [1.807, 2.05) is 0 Å². The number of fused-ring (bicyclic) bond motifs is 1. The molecule has 1 aliphatic heterocycles. The Morgan fingerprint density at radius 2 is 1.86 bits per heavy atom. The number of imide groups is 1. The van der Waals surface area contributed by atoms with E-state index in [2.05, 4.69) is 5.32 Å². The van der Waals surface area contributed by atoms with Crippen molar-refractivity contribution in [1.29, 1.82) is 0 Å². The molecule has 3 rings (SSSR count). The SMILES string of the molecule is O=C(COC(=O)CCC(=O)c1cccs1)NC(=O)[C@@H]1COc2ccccc2O1. The Kier molecular flexibility index (Phi) is 6.38. The Bertz CT molecular complexity index is 878. The highest BCUT2D eigenvalue weighted by Crippen LogP contribution is 2.30. The van der Waals surface area contributed by atoms with E-state index in [1.54, 1.807) is 41.8 Å². The zero-order valence-corrected chi connectivity index (χ0v) is 15.5. The predicted octanol–water partition coefficient (Wildman–Crippen LogP) is 1.74. The molecule has 8 nitrogen and oxygen atoms in total. The lowest BCUT2D eigenvalue weighted by molar-refractivity contribution is -0.150. The van der Waals surface area contributed by atoms with Crippen LogP contribution in [0.2, 0.25) is 0 Å². The highest BCUT2D eigenvalue weighted by Gasteiger charge is 2.28. The van der Waals surface area contributed by atoms with E-state index in [1.165, 1.54) is 11.3 Å². The fraction of sp³-hybridized carbons (Fsp3) is 0.263. The van der Waals surface area contributed by atoms with Gasteiger partial charge in [0.25, 0.3) is 11.8 Å². The molecule has 0 bridgehead atoms. The monoisotopic (exact) mass is 403 g/mol. The lowest BCUT2D eigenvalue weighted by Crippen LogP contribution is -2.47. The van der Waals surface area contributed by atoms with Crippen molar-refractivity contribution < 1.29 is 33.4 Å². The standard InChI is InChI=1S/C19H17NO7S/c21-12(16-6-3-9-28-16)7-8-18(23)26-11-17(22)20-19(24)15-10-25-13-4-1-2-5-14(13)27-15/h1-6,9,15H,7-8,10-11H2,(H,20,22,24)/t15-/m0/s1. The summed E-state index contributed by atoms with van der Waals surface area (Å²) in [6.45, 7) is -0.664. The molecule has 1 aromatic carbocycles. The van der Waals surface area contributed by atoms with E-state index >= 15 is 0 Å². The van der Waals surface area contributed by atoms with Crippen molar-refractivity contribution >= 4 is 34.9 Å². The van der Waals surface area contributed by atoms with Gasteiger partial charge in [0.2, 0.25) is 6.10 Å². The molecule has 0 saturated heterocycles. The largest absolute Gasteiger partial charge is 0.485 e. The maximum absolute atomic E-state index is 12.1. The molecule has 2 heterocycles. The normalized spacial score (nSPS) is 14.8. The van der Waals surface area contributed by atoms with Crippen LogP contribution in [-0.2, 0) is 19.1 Å². The van der Waals surface area contributed by atoms with Crippen LogP contribution in [0, 0.1) is 0 Å².